The van der Waals surface area contributed by atoms with E-state index in [1.165, 1.54) is 6.08 Å². The SMILES string of the molecule is CC(C)(C)C(N)=CC(=N)c1cc(C(F)(F)F)ncn1. The van der Waals surface area contributed by atoms with Crippen molar-refractivity contribution < 1.29 is 13.2 Å². The molecule has 0 fully saturated rings. The van der Waals surface area contributed by atoms with Gasteiger partial charge in [0.15, 0.2) is 0 Å². The van der Waals surface area contributed by atoms with Crippen LogP contribution in [-0.4, -0.2) is 15.7 Å². The minimum absolute atomic E-state index is 0.116. The van der Waals surface area contributed by atoms with E-state index in [1.807, 2.05) is 20.8 Å². The van der Waals surface area contributed by atoms with Crippen LogP contribution in [0.5, 0.6) is 0 Å². The van der Waals surface area contributed by atoms with Gasteiger partial charge in [0, 0.05) is 11.1 Å². The van der Waals surface area contributed by atoms with Crippen molar-refractivity contribution in [2.24, 2.45) is 11.1 Å². The number of aromatic nitrogens is 2. The molecule has 3 N–H and O–H groups in total. The van der Waals surface area contributed by atoms with Gasteiger partial charge in [0.1, 0.15) is 12.0 Å². The Bertz CT molecular complexity index is 512. The average molecular weight is 272 g/mol. The molecule has 19 heavy (non-hydrogen) atoms. The van der Waals surface area contributed by atoms with Crippen LogP contribution in [0.3, 0.4) is 0 Å². The van der Waals surface area contributed by atoms with Crippen LogP contribution in [0.25, 0.3) is 0 Å². The number of hydrogen-bond donors (Lipinski definition) is 2. The molecule has 1 rings (SSSR count). The fourth-order valence-electron chi connectivity index (χ4n) is 1.11. The van der Waals surface area contributed by atoms with Crippen molar-refractivity contribution in [2.75, 3.05) is 0 Å². The van der Waals surface area contributed by atoms with E-state index in [0.717, 1.165) is 12.4 Å². The van der Waals surface area contributed by atoms with Gasteiger partial charge in [-0.05, 0) is 12.1 Å². The summed E-state index contributed by atoms with van der Waals surface area (Å²) in [6.07, 6.45) is -2.46. The van der Waals surface area contributed by atoms with Crippen molar-refractivity contribution in [1.82, 2.24) is 9.97 Å². The van der Waals surface area contributed by atoms with Crippen LogP contribution in [0.1, 0.15) is 32.2 Å². The summed E-state index contributed by atoms with van der Waals surface area (Å²) in [4.78, 5) is 6.79. The van der Waals surface area contributed by atoms with Gasteiger partial charge < -0.3 is 5.73 Å². The number of allylic oxidation sites excluding steroid dienone is 2. The normalized spacial score (nSPS) is 13.5. The first-order valence-electron chi connectivity index (χ1n) is 5.47. The van der Waals surface area contributed by atoms with Gasteiger partial charge in [0.25, 0.3) is 0 Å². The monoisotopic (exact) mass is 272 g/mol. The van der Waals surface area contributed by atoms with Crippen molar-refractivity contribution in [1.29, 1.82) is 5.41 Å². The van der Waals surface area contributed by atoms with Crippen molar-refractivity contribution in [3.05, 3.63) is 35.6 Å². The van der Waals surface area contributed by atoms with E-state index in [9.17, 15) is 13.2 Å². The van der Waals surface area contributed by atoms with Gasteiger partial charge >= 0.3 is 6.18 Å². The van der Waals surface area contributed by atoms with Gasteiger partial charge in [-0.1, -0.05) is 20.8 Å². The molecule has 104 valence electrons. The van der Waals surface area contributed by atoms with Crippen molar-refractivity contribution in [2.45, 2.75) is 26.9 Å². The minimum Gasteiger partial charge on any atom is -0.402 e. The zero-order chi connectivity index (χ0) is 14.8. The van der Waals surface area contributed by atoms with E-state index < -0.39 is 11.9 Å². The van der Waals surface area contributed by atoms with Crippen LogP contribution in [0.4, 0.5) is 13.2 Å². The van der Waals surface area contributed by atoms with Crippen LogP contribution in [0.15, 0.2) is 24.2 Å². The van der Waals surface area contributed by atoms with E-state index >= 15 is 0 Å². The molecule has 7 heteroatoms. The van der Waals surface area contributed by atoms with Crippen molar-refractivity contribution in [3.8, 4) is 0 Å². The topological polar surface area (TPSA) is 75.7 Å². The highest BCUT2D eigenvalue weighted by molar-refractivity contribution is 6.05. The first-order chi connectivity index (χ1) is 8.51. The smallest absolute Gasteiger partial charge is 0.402 e. The molecule has 4 nitrogen and oxygen atoms in total. The van der Waals surface area contributed by atoms with Crippen molar-refractivity contribution in [3.63, 3.8) is 0 Å². The number of halogens is 3. The van der Waals surface area contributed by atoms with Gasteiger partial charge in [-0.25, -0.2) is 9.97 Å². The highest BCUT2D eigenvalue weighted by atomic mass is 19.4. The lowest BCUT2D eigenvalue weighted by Crippen LogP contribution is -2.19. The molecule has 0 unspecified atom stereocenters. The number of nitrogens with zero attached hydrogens (tertiary/aromatic N) is 2. The van der Waals surface area contributed by atoms with Gasteiger partial charge in [-0.3, -0.25) is 5.41 Å². The zero-order valence-corrected chi connectivity index (χ0v) is 10.8. The lowest BCUT2D eigenvalue weighted by Gasteiger charge is -2.19. The lowest BCUT2D eigenvalue weighted by molar-refractivity contribution is -0.141. The third-order valence-electron chi connectivity index (χ3n) is 2.40. The number of alkyl halides is 3. The van der Waals surface area contributed by atoms with E-state index in [2.05, 4.69) is 9.97 Å². The van der Waals surface area contributed by atoms with Crippen molar-refractivity contribution >= 4 is 5.71 Å². The maximum atomic E-state index is 12.5. The lowest BCUT2D eigenvalue weighted by atomic mass is 9.91. The Balaban J connectivity index is 3.09. The molecule has 1 aromatic heterocycles. The largest absolute Gasteiger partial charge is 0.433 e. The summed E-state index contributed by atoms with van der Waals surface area (Å²) in [7, 11) is 0. The molecule has 0 aliphatic carbocycles. The summed E-state index contributed by atoms with van der Waals surface area (Å²) in [5, 5.41) is 7.73. The second kappa shape index (κ2) is 4.99. The first kappa shape index (κ1) is 15.1. The molecular formula is C12H15F3N4. The quantitative estimate of drug-likeness (QED) is 0.813. The molecule has 0 aromatic carbocycles. The van der Waals surface area contributed by atoms with Crippen LogP contribution >= 0.6 is 0 Å². The maximum Gasteiger partial charge on any atom is 0.433 e. The van der Waals surface area contributed by atoms with Crippen LogP contribution in [-0.2, 0) is 6.18 Å². The van der Waals surface area contributed by atoms with Crippen LogP contribution in [0, 0.1) is 10.8 Å². The first-order valence-corrected chi connectivity index (χ1v) is 5.47. The van der Waals surface area contributed by atoms with E-state index in [0.29, 0.717) is 5.70 Å². The Hall–Kier alpha value is -1.92. The molecular weight excluding hydrogens is 257 g/mol. The van der Waals surface area contributed by atoms with Crippen LogP contribution < -0.4 is 5.73 Å². The van der Waals surface area contributed by atoms with Gasteiger partial charge in [-0.2, -0.15) is 13.2 Å². The van der Waals surface area contributed by atoms with Gasteiger partial charge in [0.2, 0.25) is 0 Å². The molecule has 0 radical (unpaired) electrons. The molecule has 0 atom stereocenters. The summed E-state index contributed by atoms with van der Waals surface area (Å²) in [6.45, 7) is 5.52. The maximum absolute atomic E-state index is 12.5. The van der Waals surface area contributed by atoms with E-state index in [1.54, 1.807) is 0 Å². The summed E-state index contributed by atoms with van der Waals surface area (Å²) in [5.41, 5.74) is 4.42. The highest BCUT2D eigenvalue weighted by Crippen LogP contribution is 2.27. The molecule has 0 saturated carbocycles. The summed E-state index contributed by atoms with van der Waals surface area (Å²) in [5.74, 6) is 0. The van der Waals surface area contributed by atoms with E-state index in [4.69, 9.17) is 11.1 Å². The summed E-state index contributed by atoms with van der Waals surface area (Å²) >= 11 is 0. The minimum atomic E-state index is -4.56. The highest BCUT2D eigenvalue weighted by Gasteiger charge is 2.33. The molecule has 1 heterocycles. The summed E-state index contributed by atoms with van der Waals surface area (Å²) < 4.78 is 37.4. The average Bonchev–Trinajstić information content (AvgIpc) is 2.26. The number of rotatable bonds is 2. The van der Waals surface area contributed by atoms with Gasteiger partial charge in [0.05, 0.1) is 11.4 Å². The predicted octanol–water partition coefficient (Wildman–Crippen LogP) is 2.75. The fourth-order valence-corrected chi connectivity index (χ4v) is 1.11. The molecule has 0 amide bonds. The molecule has 0 saturated heterocycles. The molecule has 0 aliphatic rings. The Morgan fingerprint density at radius 3 is 2.32 bits per heavy atom. The van der Waals surface area contributed by atoms with E-state index in [-0.39, 0.29) is 16.8 Å². The second-order valence-corrected chi connectivity index (χ2v) is 5.05. The Kier molecular flexibility index (Phi) is 3.97. The van der Waals surface area contributed by atoms with Gasteiger partial charge in [-0.15, -0.1) is 0 Å². The third kappa shape index (κ3) is 4.04. The van der Waals surface area contributed by atoms with Crippen LogP contribution in [0.2, 0.25) is 0 Å². The number of nitrogens with one attached hydrogen (secondary N) is 1. The molecule has 0 spiro atoms. The third-order valence-corrected chi connectivity index (χ3v) is 2.40. The zero-order valence-electron chi connectivity index (χ0n) is 10.8. The second-order valence-electron chi connectivity index (χ2n) is 5.05. The standard InChI is InChI=1S/C12H15F3N4/c1-11(2,3)9(17)4-7(16)8-5-10(12(13,14)15)19-6-18-8/h4-6,16H,17H2,1-3H3. The molecule has 1 aromatic rings. The Morgan fingerprint density at radius 1 is 1.26 bits per heavy atom. The molecule has 0 bridgehead atoms. The molecule has 0 aliphatic heterocycles. The summed E-state index contributed by atoms with van der Waals surface area (Å²) in [6, 6.07) is 0.731. The predicted molar refractivity (Wildman–Crippen MR) is 65.6 cm³/mol. The Morgan fingerprint density at radius 2 is 1.84 bits per heavy atom. The Labute approximate surface area is 109 Å². The fraction of sp³-hybridized carbons (Fsp3) is 0.417. The number of nitrogens with two attached hydrogens (primary N) is 1. The number of hydrogen-bond acceptors (Lipinski definition) is 4.